The fraction of sp³-hybridized carbons (Fsp3) is 0.172. The van der Waals surface area contributed by atoms with Crippen molar-refractivity contribution in [1.82, 2.24) is 0 Å². The first-order chi connectivity index (χ1) is 29.8. The largest absolute Gasteiger partial charge is 0.495 e. The van der Waals surface area contributed by atoms with Gasteiger partial charge in [0.1, 0.15) is 5.75 Å². The molecule has 0 aromatic heterocycles. The molecule has 0 fully saturated rings. The Morgan fingerprint density at radius 1 is 0.639 bits per heavy atom. The third-order valence-corrected chi connectivity index (χ3v) is 11.6. The number of ether oxygens (including phenoxy) is 1. The van der Waals surface area contributed by atoms with Gasteiger partial charge in [-0.1, -0.05) is 186 Å². The number of rotatable bonds is 11. The van der Waals surface area contributed by atoms with Gasteiger partial charge in [-0.25, -0.2) is 0 Å². The van der Waals surface area contributed by atoms with Crippen LogP contribution < -0.4 is 14.5 Å². The Morgan fingerprint density at radius 2 is 1.30 bits per heavy atom. The summed E-state index contributed by atoms with van der Waals surface area (Å²) in [6.45, 7) is 15.0. The van der Waals surface area contributed by atoms with Crippen LogP contribution >= 0.6 is 0 Å². The molecule has 1 heterocycles. The highest BCUT2D eigenvalue weighted by Crippen LogP contribution is 2.49. The third-order valence-electron chi connectivity index (χ3n) is 11.6. The molecule has 3 heteroatoms. The van der Waals surface area contributed by atoms with Gasteiger partial charge in [-0.3, -0.25) is 0 Å². The number of anilines is 4. The van der Waals surface area contributed by atoms with Gasteiger partial charge < -0.3 is 14.5 Å². The van der Waals surface area contributed by atoms with Crippen molar-refractivity contribution in [3.05, 3.63) is 215 Å². The fourth-order valence-corrected chi connectivity index (χ4v) is 8.62. The smallest absolute Gasteiger partial charge is 0.142 e. The van der Waals surface area contributed by atoms with Crippen LogP contribution in [0.2, 0.25) is 0 Å². The molecule has 0 bridgehead atoms. The molecule has 1 unspecified atom stereocenters. The van der Waals surface area contributed by atoms with Crippen LogP contribution in [0.5, 0.6) is 5.75 Å². The summed E-state index contributed by atoms with van der Waals surface area (Å²) >= 11 is 0. The zero-order valence-corrected chi connectivity index (χ0v) is 36.9. The second kappa shape index (κ2) is 19.0. The normalized spacial score (nSPS) is 14.8. The predicted octanol–water partition coefficient (Wildman–Crippen LogP) is 16.2. The van der Waals surface area contributed by atoms with Crippen molar-refractivity contribution in [2.75, 3.05) is 16.9 Å². The van der Waals surface area contributed by atoms with Crippen LogP contribution in [0, 0.1) is 0 Å². The molecule has 0 saturated carbocycles. The lowest BCUT2D eigenvalue weighted by molar-refractivity contribution is 0.415. The number of hydrogen-bond acceptors (Lipinski definition) is 3. The molecule has 0 spiro atoms. The first-order valence-corrected chi connectivity index (χ1v) is 21.6. The van der Waals surface area contributed by atoms with Crippen molar-refractivity contribution in [1.29, 1.82) is 0 Å². The standard InChI is InChI=1S/C56H52N2O.C2H6/c1-7-9-10-20-40(3)57(54-27-17-18-28-55(54)59-6)38-37-49-46(19-8-2)47-35-30-41(39-50(47)56(49,4)5)29-31-42-34-36-53(48-24-14-13-23-45(42)48)58-51-25-15-11-21-43(51)32-33-44-22-12-16-26-52(44)58;1-2/h7-40H,1-6H3;1-2H3/b9-7-,19-8-,20-10-,31-29+,38-37+;. The number of nitrogens with zero attached hydrogens (tertiary/aromatic N) is 2. The summed E-state index contributed by atoms with van der Waals surface area (Å²) in [7, 11) is 1.74. The monoisotopic (exact) mass is 798 g/mol. The molecule has 0 saturated heterocycles. The van der Waals surface area contributed by atoms with Crippen molar-refractivity contribution in [2.24, 2.45) is 0 Å². The molecule has 1 aliphatic heterocycles. The van der Waals surface area contributed by atoms with E-state index in [2.05, 4.69) is 220 Å². The molecule has 8 rings (SSSR count). The highest BCUT2D eigenvalue weighted by Gasteiger charge is 2.36. The Morgan fingerprint density at radius 3 is 1.98 bits per heavy atom. The maximum atomic E-state index is 5.83. The van der Waals surface area contributed by atoms with E-state index in [0.717, 1.165) is 17.1 Å². The van der Waals surface area contributed by atoms with Crippen molar-refractivity contribution >= 4 is 63.4 Å². The minimum atomic E-state index is -0.232. The van der Waals surface area contributed by atoms with Gasteiger partial charge in [0, 0.05) is 23.0 Å². The van der Waals surface area contributed by atoms with Gasteiger partial charge in [0.05, 0.1) is 29.9 Å². The molecule has 3 nitrogen and oxygen atoms in total. The Balaban J connectivity index is 0.00000277. The molecule has 0 N–H and O–H groups in total. The van der Waals surface area contributed by atoms with Crippen molar-refractivity contribution < 1.29 is 4.74 Å². The van der Waals surface area contributed by atoms with Crippen LogP contribution in [-0.4, -0.2) is 13.2 Å². The van der Waals surface area contributed by atoms with E-state index in [0.29, 0.717) is 0 Å². The summed E-state index contributed by atoms with van der Waals surface area (Å²) in [6.07, 6.45) is 26.4. The number of hydrogen-bond donors (Lipinski definition) is 0. The van der Waals surface area contributed by atoms with Gasteiger partial charge in [0.15, 0.2) is 0 Å². The van der Waals surface area contributed by atoms with Gasteiger partial charge >= 0.3 is 0 Å². The average Bonchev–Trinajstić information content (AvgIpc) is 3.39. The van der Waals surface area contributed by atoms with Gasteiger partial charge in [-0.2, -0.15) is 0 Å². The van der Waals surface area contributed by atoms with Crippen molar-refractivity contribution in [3.63, 3.8) is 0 Å². The Labute approximate surface area is 364 Å². The summed E-state index contributed by atoms with van der Waals surface area (Å²) in [5.41, 5.74) is 14.2. The number of para-hydroxylation sites is 4. The van der Waals surface area contributed by atoms with E-state index in [-0.39, 0.29) is 11.5 Å². The average molecular weight is 799 g/mol. The first kappa shape index (κ1) is 42.3. The number of fused-ring (bicyclic) bond motifs is 4. The predicted molar refractivity (Wildman–Crippen MR) is 267 cm³/mol. The molecular weight excluding hydrogens is 741 g/mol. The van der Waals surface area contributed by atoms with Crippen LogP contribution in [0.25, 0.3) is 40.6 Å². The lowest BCUT2D eigenvalue weighted by Crippen LogP contribution is -2.27. The molecular formula is C58H58N2O. The van der Waals surface area contributed by atoms with Gasteiger partial charge in [-0.05, 0) is 107 Å². The molecule has 6 aromatic rings. The molecule has 61 heavy (non-hydrogen) atoms. The Kier molecular flexibility index (Phi) is 13.2. The van der Waals surface area contributed by atoms with E-state index < -0.39 is 0 Å². The van der Waals surface area contributed by atoms with E-state index >= 15 is 0 Å². The second-order valence-electron chi connectivity index (χ2n) is 15.6. The molecule has 0 amide bonds. The van der Waals surface area contributed by atoms with E-state index in [1.807, 2.05) is 39.0 Å². The van der Waals surface area contributed by atoms with Gasteiger partial charge in [0.25, 0.3) is 0 Å². The zero-order valence-electron chi connectivity index (χ0n) is 36.9. The summed E-state index contributed by atoms with van der Waals surface area (Å²) in [4.78, 5) is 4.71. The number of benzene rings is 6. The zero-order chi connectivity index (χ0) is 42.9. The van der Waals surface area contributed by atoms with Crippen LogP contribution in [0.3, 0.4) is 0 Å². The highest BCUT2D eigenvalue weighted by molar-refractivity contribution is 6.06. The second-order valence-corrected chi connectivity index (χ2v) is 15.6. The summed E-state index contributed by atoms with van der Waals surface area (Å²) in [6, 6.07) is 45.9. The molecule has 306 valence electrons. The minimum Gasteiger partial charge on any atom is -0.495 e. The SMILES string of the molecule is C/C=C\C=C/C(C)N(/C=C/C1=C(/C=C\C)c2ccc(/C=C/c3ccc(N4c5ccccc5C=Cc5ccccc54)c4ccccc34)cc2C1(C)C)c1ccccc1OC.CC. The van der Waals surface area contributed by atoms with E-state index in [4.69, 9.17) is 4.74 Å². The summed E-state index contributed by atoms with van der Waals surface area (Å²) < 4.78 is 5.83. The van der Waals surface area contributed by atoms with Crippen LogP contribution in [0.4, 0.5) is 22.7 Å². The first-order valence-electron chi connectivity index (χ1n) is 21.6. The van der Waals surface area contributed by atoms with E-state index in [1.54, 1.807) is 7.11 Å². The quantitative estimate of drug-likeness (QED) is 0.0958. The van der Waals surface area contributed by atoms with Crippen molar-refractivity contribution in [3.8, 4) is 5.75 Å². The highest BCUT2D eigenvalue weighted by atomic mass is 16.5. The third kappa shape index (κ3) is 8.47. The molecule has 0 radical (unpaired) electrons. The number of allylic oxidation sites excluding steroid dienone is 8. The molecule has 6 aromatic carbocycles. The molecule has 1 atom stereocenters. The summed E-state index contributed by atoms with van der Waals surface area (Å²) in [5.74, 6) is 0.841. The van der Waals surface area contributed by atoms with Crippen LogP contribution in [0.15, 0.2) is 182 Å². The van der Waals surface area contributed by atoms with Gasteiger partial charge in [-0.15, -0.1) is 0 Å². The number of methoxy groups -OCH3 is 1. The van der Waals surface area contributed by atoms with Crippen molar-refractivity contribution in [2.45, 2.75) is 59.9 Å². The van der Waals surface area contributed by atoms with E-state index in [1.165, 1.54) is 66.7 Å². The Bertz CT molecular complexity index is 2690. The Hall–Kier alpha value is -6.84. The molecule has 1 aliphatic carbocycles. The maximum Gasteiger partial charge on any atom is 0.142 e. The van der Waals surface area contributed by atoms with Gasteiger partial charge in [0.2, 0.25) is 0 Å². The summed E-state index contributed by atoms with van der Waals surface area (Å²) in [5, 5.41) is 2.43. The van der Waals surface area contributed by atoms with Crippen LogP contribution in [0.1, 0.15) is 81.8 Å². The topological polar surface area (TPSA) is 15.7 Å². The maximum absolute atomic E-state index is 5.83. The fourth-order valence-electron chi connectivity index (χ4n) is 8.62. The minimum absolute atomic E-state index is 0.0891. The van der Waals surface area contributed by atoms with Crippen LogP contribution in [-0.2, 0) is 5.41 Å². The lowest BCUT2D eigenvalue weighted by Gasteiger charge is -2.29. The lowest BCUT2D eigenvalue weighted by atomic mass is 9.80. The van der Waals surface area contributed by atoms with E-state index in [9.17, 15) is 0 Å². The molecule has 2 aliphatic rings.